The molecule has 0 aromatic carbocycles. The van der Waals surface area contributed by atoms with E-state index in [4.69, 9.17) is 4.74 Å². The van der Waals surface area contributed by atoms with Crippen LogP contribution in [0.4, 0.5) is 4.79 Å². The first-order chi connectivity index (χ1) is 8.91. The zero-order valence-electron chi connectivity index (χ0n) is 12.6. The number of nitrogens with zero attached hydrogens (tertiary/aromatic N) is 2. The number of ether oxygens (including phenoxy) is 1. The molecule has 1 aliphatic carbocycles. The minimum atomic E-state index is -0.619. The van der Waals surface area contributed by atoms with E-state index in [0.717, 1.165) is 12.8 Å². The molecule has 1 atom stereocenters. The predicted molar refractivity (Wildman–Crippen MR) is 75.1 cm³/mol. The summed E-state index contributed by atoms with van der Waals surface area (Å²) in [5.74, 6) is 0. The molecule has 5 nitrogen and oxygen atoms in total. The van der Waals surface area contributed by atoms with Gasteiger partial charge in [-0.2, -0.15) is 0 Å². The molecule has 112 valence electrons. The van der Waals surface area contributed by atoms with Crippen molar-refractivity contribution < 1.29 is 14.6 Å². The standard InChI is InChI=1S/C14H28N2O3/c1-11(2)16(14(18)15(3)4)9-12(17)10-19-13-7-5-6-8-13/h11-13,17H,5-10H2,1-4H3. The molecule has 1 rings (SSSR count). The van der Waals surface area contributed by atoms with Crippen LogP contribution < -0.4 is 0 Å². The molecular weight excluding hydrogens is 244 g/mol. The van der Waals surface area contributed by atoms with Gasteiger partial charge in [0.15, 0.2) is 0 Å². The molecule has 0 saturated heterocycles. The van der Waals surface area contributed by atoms with Crippen LogP contribution in [0.25, 0.3) is 0 Å². The average molecular weight is 272 g/mol. The van der Waals surface area contributed by atoms with Crippen molar-refractivity contribution >= 4 is 6.03 Å². The van der Waals surface area contributed by atoms with Gasteiger partial charge in [0.1, 0.15) is 0 Å². The fourth-order valence-corrected chi connectivity index (χ4v) is 2.35. The molecule has 0 radical (unpaired) electrons. The molecule has 5 heteroatoms. The SMILES string of the molecule is CC(C)N(CC(O)COC1CCCC1)C(=O)N(C)C. The van der Waals surface area contributed by atoms with Crippen LogP contribution >= 0.6 is 0 Å². The van der Waals surface area contributed by atoms with Crippen LogP contribution in [0.3, 0.4) is 0 Å². The van der Waals surface area contributed by atoms with Crippen molar-refractivity contribution in [2.45, 2.75) is 57.8 Å². The molecule has 1 aliphatic rings. The molecule has 19 heavy (non-hydrogen) atoms. The Morgan fingerprint density at radius 3 is 2.37 bits per heavy atom. The van der Waals surface area contributed by atoms with E-state index in [1.54, 1.807) is 19.0 Å². The molecule has 1 N–H and O–H groups in total. The highest BCUT2D eigenvalue weighted by atomic mass is 16.5. The zero-order valence-corrected chi connectivity index (χ0v) is 12.6. The number of rotatable bonds is 6. The Morgan fingerprint density at radius 1 is 1.32 bits per heavy atom. The Hall–Kier alpha value is -0.810. The lowest BCUT2D eigenvalue weighted by Gasteiger charge is -2.31. The molecule has 0 aliphatic heterocycles. The summed E-state index contributed by atoms with van der Waals surface area (Å²) in [6.45, 7) is 4.54. The number of amides is 2. The lowest BCUT2D eigenvalue weighted by atomic mass is 10.2. The van der Waals surface area contributed by atoms with E-state index in [1.165, 1.54) is 17.7 Å². The average Bonchev–Trinajstić information content (AvgIpc) is 2.85. The number of urea groups is 1. The molecule has 2 amide bonds. The van der Waals surface area contributed by atoms with E-state index < -0.39 is 6.10 Å². The van der Waals surface area contributed by atoms with Gasteiger partial charge in [0.2, 0.25) is 0 Å². The number of carbonyl (C=O) groups is 1. The van der Waals surface area contributed by atoms with Crippen molar-refractivity contribution in [2.24, 2.45) is 0 Å². The zero-order chi connectivity index (χ0) is 14.4. The number of carbonyl (C=O) groups excluding carboxylic acids is 1. The van der Waals surface area contributed by atoms with Crippen molar-refractivity contribution in [2.75, 3.05) is 27.2 Å². The van der Waals surface area contributed by atoms with Crippen molar-refractivity contribution in [1.29, 1.82) is 0 Å². The number of hydrogen-bond donors (Lipinski definition) is 1. The second-order valence-electron chi connectivity index (χ2n) is 5.82. The molecule has 1 saturated carbocycles. The Kier molecular flexibility index (Phi) is 6.58. The highest BCUT2D eigenvalue weighted by Crippen LogP contribution is 2.21. The smallest absolute Gasteiger partial charge is 0.319 e. The van der Waals surface area contributed by atoms with Crippen LogP contribution in [-0.2, 0) is 4.74 Å². The third-order valence-electron chi connectivity index (χ3n) is 3.49. The van der Waals surface area contributed by atoms with Crippen LogP contribution in [0.2, 0.25) is 0 Å². The summed E-state index contributed by atoms with van der Waals surface area (Å²) >= 11 is 0. The van der Waals surface area contributed by atoms with Gasteiger partial charge in [-0.25, -0.2) is 4.79 Å². The Labute approximate surface area is 116 Å². The van der Waals surface area contributed by atoms with Gasteiger partial charge < -0.3 is 19.6 Å². The molecule has 0 aromatic heterocycles. The van der Waals surface area contributed by atoms with Crippen molar-refractivity contribution in [3.63, 3.8) is 0 Å². The minimum Gasteiger partial charge on any atom is -0.389 e. The quantitative estimate of drug-likeness (QED) is 0.800. The van der Waals surface area contributed by atoms with Gasteiger partial charge >= 0.3 is 6.03 Å². The van der Waals surface area contributed by atoms with Gasteiger partial charge in [-0.05, 0) is 26.7 Å². The molecule has 0 aromatic rings. The van der Waals surface area contributed by atoms with Crippen molar-refractivity contribution in [3.8, 4) is 0 Å². The highest BCUT2D eigenvalue weighted by Gasteiger charge is 2.23. The van der Waals surface area contributed by atoms with Gasteiger partial charge in [0.25, 0.3) is 0 Å². The van der Waals surface area contributed by atoms with Crippen molar-refractivity contribution in [3.05, 3.63) is 0 Å². The summed E-state index contributed by atoms with van der Waals surface area (Å²) in [4.78, 5) is 15.2. The van der Waals surface area contributed by atoms with Crippen LogP contribution in [0.1, 0.15) is 39.5 Å². The highest BCUT2D eigenvalue weighted by molar-refractivity contribution is 5.74. The van der Waals surface area contributed by atoms with E-state index in [0.29, 0.717) is 19.3 Å². The maximum absolute atomic E-state index is 12.0. The Bertz CT molecular complexity index is 276. The van der Waals surface area contributed by atoms with E-state index in [1.807, 2.05) is 13.8 Å². The fraction of sp³-hybridized carbons (Fsp3) is 0.929. The summed E-state index contributed by atoms with van der Waals surface area (Å²) < 4.78 is 5.68. The third kappa shape index (κ3) is 5.37. The van der Waals surface area contributed by atoms with E-state index in [9.17, 15) is 9.90 Å². The van der Waals surface area contributed by atoms with Crippen LogP contribution in [-0.4, -0.2) is 66.4 Å². The number of aliphatic hydroxyl groups excluding tert-OH is 1. The van der Waals surface area contributed by atoms with Gasteiger partial charge in [-0.3, -0.25) is 0 Å². The summed E-state index contributed by atoms with van der Waals surface area (Å²) in [6, 6.07) is -0.00838. The van der Waals surface area contributed by atoms with E-state index in [-0.39, 0.29) is 12.1 Å². The van der Waals surface area contributed by atoms with Crippen molar-refractivity contribution in [1.82, 2.24) is 9.80 Å². The van der Waals surface area contributed by atoms with Gasteiger partial charge in [-0.1, -0.05) is 12.8 Å². The maximum Gasteiger partial charge on any atom is 0.319 e. The normalized spacial score (nSPS) is 17.8. The van der Waals surface area contributed by atoms with Crippen LogP contribution in [0.15, 0.2) is 0 Å². The summed E-state index contributed by atoms with van der Waals surface area (Å²) in [7, 11) is 3.44. The van der Waals surface area contributed by atoms with E-state index >= 15 is 0 Å². The summed E-state index contributed by atoms with van der Waals surface area (Å²) in [5, 5.41) is 10.0. The second-order valence-corrected chi connectivity index (χ2v) is 5.82. The van der Waals surface area contributed by atoms with Crippen LogP contribution in [0, 0.1) is 0 Å². The number of hydrogen-bond acceptors (Lipinski definition) is 3. The Morgan fingerprint density at radius 2 is 1.89 bits per heavy atom. The molecule has 0 heterocycles. The fourth-order valence-electron chi connectivity index (χ4n) is 2.35. The largest absolute Gasteiger partial charge is 0.389 e. The first-order valence-electron chi connectivity index (χ1n) is 7.19. The topological polar surface area (TPSA) is 53.0 Å². The van der Waals surface area contributed by atoms with E-state index in [2.05, 4.69) is 0 Å². The lowest BCUT2D eigenvalue weighted by molar-refractivity contribution is -0.0178. The Balaban J connectivity index is 2.37. The molecular formula is C14H28N2O3. The van der Waals surface area contributed by atoms with Gasteiger partial charge in [0.05, 0.1) is 25.4 Å². The maximum atomic E-state index is 12.0. The molecule has 1 unspecified atom stereocenters. The molecule has 1 fully saturated rings. The van der Waals surface area contributed by atoms with Crippen LogP contribution in [0.5, 0.6) is 0 Å². The minimum absolute atomic E-state index is 0.0658. The summed E-state index contributed by atoms with van der Waals surface area (Å²) in [6.07, 6.45) is 4.31. The third-order valence-corrected chi connectivity index (χ3v) is 3.49. The monoisotopic (exact) mass is 272 g/mol. The van der Waals surface area contributed by atoms with Gasteiger partial charge in [-0.15, -0.1) is 0 Å². The predicted octanol–water partition coefficient (Wildman–Crippen LogP) is 1.70. The first kappa shape index (κ1) is 16.2. The lowest BCUT2D eigenvalue weighted by Crippen LogP contribution is -2.47. The number of aliphatic hydroxyl groups is 1. The molecule has 0 bridgehead atoms. The molecule has 0 spiro atoms. The van der Waals surface area contributed by atoms with Gasteiger partial charge in [0, 0.05) is 20.1 Å². The first-order valence-corrected chi connectivity index (χ1v) is 7.19. The second kappa shape index (κ2) is 7.70. The summed E-state index contributed by atoms with van der Waals surface area (Å²) in [5.41, 5.74) is 0.